The fourth-order valence-electron chi connectivity index (χ4n) is 0.746. The molecule has 5 heteroatoms. The molecule has 0 saturated heterocycles. The highest BCUT2D eigenvalue weighted by atomic mass is 32.2. The van der Waals surface area contributed by atoms with Crippen molar-refractivity contribution in [2.45, 2.75) is 31.6 Å². The summed E-state index contributed by atoms with van der Waals surface area (Å²) in [6.07, 6.45) is 0. The summed E-state index contributed by atoms with van der Waals surface area (Å²) < 4.78 is 29.5. The molecule has 1 atom stereocenters. The van der Waals surface area contributed by atoms with Crippen molar-refractivity contribution in [3.63, 3.8) is 0 Å². The van der Waals surface area contributed by atoms with E-state index in [1.54, 1.807) is 13.8 Å². The van der Waals surface area contributed by atoms with Crippen LogP contribution in [0.4, 0.5) is 0 Å². The third-order valence-electron chi connectivity index (χ3n) is 2.46. The van der Waals surface area contributed by atoms with Crippen LogP contribution in [0.3, 0.4) is 0 Å². The van der Waals surface area contributed by atoms with E-state index in [-0.39, 0.29) is 5.92 Å². The summed E-state index contributed by atoms with van der Waals surface area (Å²) in [6.45, 7) is 4.97. The summed E-state index contributed by atoms with van der Waals surface area (Å²) in [5.41, 5.74) is 0. The molecule has 0 rings (SSSR count). The summed E-state index contributed by atoms with van der Waals surface area (Å²) in [7, 11) is -2.93. The third kappa shape index (κ3) is 2.28. The van der Waals surface area contributed by atoms with Gasteiger partial charge in [-0.05, 0) is 19.8 Å². The van der Waals surface area contributed by atoms with Crippen molar-refractivity contribution in [2.75, 3.05) is 0 Å². The van der Waals surface area contributed by atoms with Crippen LogP contribution < -0.4 is 0 Å². The number of hydrogen-bond donors (Lipinski definition) is 1. The van der Waals surface area contributed by atoms with Gasteiger partial charge in [0.25, 0.3) is 10.1 Å². The molecular weight excluding hydrogens is 180 g/mol. The van der Waals surface area contributed by atoms with Gasteiger partial charge in [-0.2, -0.15) is 8.42 Å². The summed E-state index contributed by atoms with van der Waals surface area (Å²) in [6, 6.07) is 0.882. The van der Waals surface area contributed by atoms with Crippen LogP contribution in [0.2, 0.25) is 6.04 Å². The van der Waals surface area contributed by atoms with E-state index in [2.05, 4.69) is 0 Å². The fraction of sp³-hybridized carbons (Fsp3) is 1.00. The Kier molecular flexibility index (Phi) is 3.28. The largest absolute Gasteiger partial charge is 0.285 e. The first-order valence-electron chi connectivity index (χ1n) is 3.70. The molecule has 0 aliphatic carbocycles. The third-order valence-corrected chi connectivity index (χ3v) is 5.42. The average molecular weight is 196 g/mol. The molecule has 0 aromatic rings. The summed E-state index contributed by atoms with van der Waals surface area (Å²) >= 11 is 0. The maximum absolute atomic E-state index is 10.8. The number of rotatable bonds is 3. The molecule has 11 heavy (non-hydrogen) atoms. The summed E-state index contributed by atoms with van der Waals surface area (Å²) in [5.74, 6) is 0.0316. The second-order valence-corrected chi connectivity index (χ2v) is 6.21. The first kappa shape index (κ1) is 11.1. The van der Waals surface area contributed by atoms with Crippen LogP contribution in [0.15, 0.2) is 0 Å². The smallest absolute Gasteiger partial charge is 0.270 e. The molecule has 0 radical (unpaired) electrons. The zero-order valence-electron chi connectivity index (χ0n) is 7.46. The van der Waals surface area contributed by atoms with Crippen LogP contribution in [-0.2, 0) is 10.1 Å². The van der Waals surface area contributed by atoms with Gasteiger partial charge in [0.1, 0.15) is 0 Å². The molecule has 0 aliphatic rings. The van der Waals surface area contributed by atoms with Crippen molar-refractivity contribution in [2.24, 2.45) is 5.92 Å². The van der Waals surface area contributed by atoms with Gasteiger partial charge >= 0.3 is 0 Å². The second-order valence-electron chi connectivity index (χ2n) is 3.39. The van der Waals surface area contributed by atoms with Crippen molar-refractivity contribution < 1.29 is 13.0 Å². The van der Waals surface area contributed by atoms with Crippen LogP contribution in [0.5, 0.6) is 0 Å². The maximum atomic E-state index is 10.8. The van der Waals surface area contributed by atoms with Crippen molar-refractivity contribution in [3.8, 4) is 0 Å². The molecular formula is C6H16O3SSi. The van der Waals surface area contributed by atoms with E-state index in [0.29, 0.717) is 0 Å². The molecule has 0 fully saturated rings. The maximum Gasteiger partial charge on any atom is 0.270 e. The molecule has 0 spiro atoms. The standard InChI is InChI=1S/C6H16O3SSi/c1-5(4-11)6(2,3)10(7,8)9/h5H,4H2,1-3,11H3,(H,7,8,9). The lowest BCUT2D eigenvalue weighted by molar-refractivity contribution is 0.392. The molecule has 1 unspecified atom stereocenters. The fourth-order valence-corrected chi connectivity index (χ4v) is 2.74. The van der Waals surface area contributed by atoms with Crippen LogP contribution in [0.1, 0.15) is 20.8 Å². The molecule has 0 aromatic heterocycles. The Labute approximate surface area is 71.4 Å². The Balaban J connectivity index is 4.74. The molecule has 1 N–H and O–H groups in total. The van der Waals surface area contributed by atoms with Gasteiger partial charge in [0, 0.05) is 10.2 Å². The minimum Gasteiger partial charge on any atom is -0.285 e. The highest BCUT2D eigenvalue weighted by Gasteiger charge is 2.37. The monoisotopic (exact) mass is 196 g/mol. The summed E-state index contributed by atoms with van der Waals surface area (Å²) in [5, 5.41) is 0. The highest BCUT2D eigenvalue weighted by molar-refractivity contribution is 7.87. The minimum atomic E-state index is -3.89. The van der Waals surface area contributed by atoms with Gasteiger partial charge in [-0.1, -0.05) is 13.0 Å². The van der Waals surface area contributed by atoms with Crippen LogP contribution in [0.25, 0.3) is 0 Å². The topological polar surface area (TPSA) is 54.4 Å². The van der Waals surface area contributed by atoms with Crippen molar-refractivity contribution in [1.29, 1.82) is 0 Å². The van der Waals surface area contributed by atoms with Gasteiger partial charge in [0.2, 0.25) is 0 Å². The van der Waals surface area contributed by atoms with Gasteiger partial charge in [0.15, 0.2) is 0 Å². The lowest BCUT2D eigenvalue weighted by Crippen LogP contribution is -2.37. The van der Waals surface area contributed by atoms with E-state index in [4.69, 9.17) is 4.55 Å². The Bertz CT molecular complexity index is 220. The Morgan fingerprint density at radius 1 is 1.55 bits per heavy atom. The van der Waals surface area contributed by atoms with Gasteiger partial charge < -0.3 is 0 Å². The van der Waals surface area contributed by atoms with Gasteiger partial charge in [-0.25, -0.2) is 0 Å². The predicted octanol–water partition coefficient (Wildman–Crippen LogP) is 0.0726. The zero-order chi connectivity index (χ0) is 9.28. The van der Waals surface area contributed by atoms with Gasteiger partial charge in [-0.15, -0.1) is 0 Å². The van der Waals surface area contributed by atoms with E-state index in [0.717, 1.165) is 16.3 Å². The van der Waals surface area contributed by atoms with Crippen LogP contribution >= 0.6 is 0 Å². The van der Waals surface area contributed by atoms with Gasteiger partial charge in [-0.3, -0.25) is 4.55 Å². The quantitative estimate of drug-likeness (QED) is 0.513. The Morgan fingerprint density at radius 3 is 2.00 bits per heavy atom. The second kappa shape index (κ2) is 3.24. The van der Waals surface area contributed by atoms with Crippen molar-refractivity contribution in [3.05, 3.63) is 0 Å². The lowest BCUT2D eigenvalue weighted by atomic mass is 9.99. The van der Waals surface area contributed by atoms with Gasteiger partial charge in [0.05, 0.1) is 4.75 Å². The highest BCUT2D eigenvalue weighted by Crippen LogP contribution is 2.26. The molecule has 0 saturated carbocycles. The molecule has 0 aliphatic heterocycles. The van der Waals surface area contributed by atoms with Crippen molar-refractivity contribution in [1.82, 2.24) is 0 Å². The molecule has 0 amide bonds. The van der Waals surface area contributed by atoms with Crippen LogP contribution in [0, 0.1) is 5.92 Å². The number of hydrogen-bond acceptors (Lipinski definition) is 2. The predicted molar refractivity (Wildman–Crippen MR) is 49.5 cm³/mol. The molecule has 68 valence electrons. The molecule has 0 aromatic carbocycles. The molecule has 0 heterocycles. The Hall–Kier alpha value is 0.127. The zero-order valence-corrected chi connectivity index (χ0v) is 10.3. The van der Waals surface area contributed by atoms with Crippen LogP contribution in [-0.4, -0.2) is 28.0 Å². The van der Waals surface area contributed by atoms with E-state index in [9.17, 15) is 8.42 Å². The Morgan fingerprint density at radius 2 is 1.91 bits per heavy atom. The average Bonchev–Trinajstić information content (AvgIpc) is 1.83. The SMILES string of the molecule is CC(C[SiH3])C(C)(C)S(=O)(=O)O. The normalized spacial score (nSPS) is 16.7. The summed E-state index contributed by atoms with van der Waals surface area (Å²) in [4.78, 5) is 0. The van der Waals surface area contributed by atoms with E-state index in [1.165, 1.54) is 0 Å². The van der Waals surface area contributed by atoms with Crippen molar-refractivity contribution >= 4 is 20.4 Å². The minimum absolute atomic E-state index is 0.0316. The molecule has 0 bridgehead atoms. The molecule has 3 nitrogen and oxygen atoms in total. The van der Waals surface area contributed by atoms with E-state index >= 15 is 0 Å². The lowest BCUT2D eigenvalue weighted by Gasteiger charge is -2.27. The first-order valence-corrected chi connectivity index (χ1v) is 6.56. The van der Waals surface area contributed by atoms with E-state index < -0.39 is 14.9 Å². The van der Waals surface area contributed by atoms with E-state index in [1.807, 2.05) is 6.92 Å². The first-order chi connectivity index (χ1) is 4.73.